The highest BCUT2D eigenvalue weighted by Gasteiger charge is 2.42. The number of halogens is 1. The number of phenols is 1. The van der Waals surface area contributed by atoms with E-state index in [9.17, 15) is 9.90 Å². The fourth-order valence-corrected chi connectivity index (χ4v) is 4.76. The Morgan fingerprint density at radius 1 is 1.25 bits per heavy atom. The second-order valence-electron chi connectivity index (χ2n) is 6.35. The van der Waals surface area contributed by atoms with Gasteiger partial charge in [-0.15, -0.1) is 0 Å². The number of esters is 1. The predicted octanol–water partition coefficient (Wildman–Crippen LogP) is 5.06. The third kappa shape index (κ3) is 3.14. The Balaban J connectivity index is 1.93. The number of nitrogens with zero attached hydrogens (tertiary/aromatic N) is 2. The van der Waals surface area contributed by atoms with Crippen LogP contribution in [-0.2, 0) is 9.53 Å². The number of amidine groups is 1. The van der Waals surface area contributed by atoms with Crippen LogP contribution in [0.3, 0.4) is 0 Å². The van der Waals surface area contributed by atoms with Crippen molar-refractivity contribution in [1.29, 1.82) is 0 Å². The highest BCUT2D eigenvalue weighted by atomic mass is 79.9. The van der Waals surface area contributed by atoms with Gasteiger partial charge in [0.1, 0.15) is 5.75 Å². The molecular formula is C21H17BrN2O3S. The molecule has 1 atom stereocenters. The molecule has 5 nitrogen and oxygen atoms in total. The minimum Gasteiger partial charge on any atom is -0.508 e. The van der Waals surface area contributed by atoms with Crippen LogP contribution in [0.5, 0.6) is 5.75 Å². The predicted molar refractivity (Wildman–Crippen MR) is 115 cm³/mol. The van der Waals surface area contributed by atoms with Gasteiger partial charge in [-0.25, -0.2) is 9.79 Å². The van der Waals surface area contributed by atoms with Crippen LogP contribution in [0.15, 0.2) is 74.7 Å². The lowest BCUT2D eigenvalue weighted by molar-refractivity contribution is -0.136. The van der Waals surface area contributed by atoms with Gasteiger partial charge in [-0.05, 0) is 30.7 Å². The van der Waals surface area contributed by atoms with Crippen LogP contribution in [0.25, 0.3) is 5.70 Å². The zero-order valence-corrected chi connectivity index (χ0v) is 17.6. The Morgan fingerprint density at radius 3 is 2.71 bits per heavy atom. The molecule has 1 unspecified atom stereocenters. The topological polar surface area (TPSA) is 62.1 Å². The first-order valence-corrected chi connectivity index (χ1v) is 10.3. The number of fused-ring (bicyclic) bond motifs is 1. The highest BCUT2D eigenvalue weighted by Crippen LogP contribution is 2.48. The normalized spacial score (nSPS) is 18.5. The molecule has 2 heterocycles. The van der Waals surface area contributed by atoms with Crippen LogP contribution < -0.4 is 0 Å². The van der Waals surface area contributed by atoms with Crippen LogP contribution in [0, 0.1) is 0 Å². The summed E-state index contributed by atoms with van der Waals surface area (Å²) in [6, 6.07) is 14.6. The number of aromatic hydroxyl groups is 1. The molecule has 28 heavy (non-hydrogen) atoms. The number of benzene rings is 2. The molecule has 0 spiro atoms. The summed E-state index contributed by atoms with van der Waals surface area (Å²) in [6.07, 6.45) is 0. The molecule has 2 aliphatic rings. The molecule has 142 valence electrons. The van der Waals surface area contributed by atoms with E-state index in [1.54, 1.807) is 19.1 Å². The minimum absolute atomic E-state index is 0.105. The van der Waals surface area contributed by atoms with Crippen LogP contribution in [0.4, 0.5) is 0 Å². The van der Waals surface area contributed by atoms with E-state index in [-0.39, 0.29) is 5.75 Å². The van der Waals surface area contributed by atoms with Gasteiger partial charge in [0.25, 0.3) is 0 Å². The number of hydrogen-bond acceptors (Lipinski definition) is 6. The second kappa shape index (κ2) is 7.48. The number of aliphatic imine (C=N–C) groups is 1. The molecule has 0 saturated carbocycles. The Hall–Kier alpha value is -2.51. The van der Waals surface area contributed by atoms with Gasteiger partial charge in [0.2, 0.25) is 0 Å². The molecular weight excluding hydrogens is 440 g/mol. The van der Waals surface area contributed by atoms with Crippen molar-refractivity contribution in [3.05, 3.63) is 80.8 Å². The van der Waals surface area contributed by atoms with Gasteiger partial charge in [-0.1, -0.05) is 58.0 Å². The Kier molecular flexibility index (Phi) is 5.03. The van der Waals surface area contributed by atoms with Gasteiger partial charge in [-0.2, -0.15) is 0 Å². The smallest absolute Gasteiger partial charge is 0.338 e. The fraction of sp³-hybridized carbons (Fsp3) is 0.143. The fourth-order valence-electron chi connectivity index (χ4n) is 3.41. The van der Waals surface area contributed by atoms with E-state index < -0.39 is 12.0 Å². The van der Waals surface area contributed by atoms with Crippen molar-refractivity contribution >= 4 is 44.5 Å². The minimum atomic E-state index is -0.557. The van der Waals surface area contributed by atoms with Gasteiger partial charge in [0.05, 0.1) is 30.1 Å². The van der Waals surface area contributed by atoms with E-state index in [1.165, 1.54) is 18.9 Å². The van der Waals surface area contributed by atoms with Crippen molar-refractivity contribution < 1.29 is 14.6 Å². The van der Waals surface area contributed by atoms with Crippen molar-refractivity contribution in [1.82, 2.24) is 4.90 Å². The maximum atomic E-state index is 12.7. The summed E-state index contributed by atoms with van der Waals surface area (Å²) in [6.45, 7) is 1.79. The molecule has 7 heteroatoms. The quantitative estimate of drug-likeness (QED) is 0.653. The average molecular weight is 457 g/mol. The summed E-state index contributed by atoms with van der Waals surface area (Å²) in [5.74, 6) is -0.359. The summed E-state index contributed by atoms with van der Waals surface area (Å²) in [7, 11) is 1.35. The number of rotatable bonds is 3. The first kappa shape index (κ1) is 18.8. The molecule has 0 amide bonds. The first-order chi connectivity index (χ1) is 13.5. The molecule has 2 aromatic carbocycles. The van der Waals surface area contributed by atoms with Crippen molar-refractivity contribution in [2.75, 3.05) is 7.11 Å². The number of ether oxygens (including phenoxy) is 1. The van der Waals surface area contributed by atoms with E-state index >= 15 is 0 Å². The Morgan fingerprint density at radius 2 is 2.00 bits per heavy atom. The van der Waals surface area contributed by atoms with Gasteiger partial charge >= 0.3 is 5.97 Å². The third-order valence-corrected chi connectivity index (χ3v) is 6.02. The zero-order chi connectivity index (χ0) is 19.8. The monoisotopic (exact) mass is 456 g/mol. The van der Waals surface area contributed by atoms with Crippen LogP contribution in [-0.4, -0.2) is 28.3 Å². The van der Waals surface area contributed by atoms with Crippen molar-refractivity contribution in [3.8, 4) is 5.75 Å². The molecule has 4 rings (SSSR count). The number of allylic oxidation sites excluding steroid dienone is 1. The Labute approximate surface area is 175 Å². The number of carbonyl (C=O) groups is 1. The highest BCUT2D eigenvalue weighted by molar-refractivity contribution is 9.10. The zero-order valence-electron chi connectivity index (χ0n) is 15.2. The summed E-state index contributed by atoms with van der Waals surface area (Å²) in [4.78, 5) is 19.3. The lowest BCUT2D eigenvalue weighted by Gasteiger charge is -2.36. The SMILES string of the molecule is COC(=O)C1=C(C)N=C2SC=C(c3ccccc3)N2C1c1cc(Br)ccc1O. The molecule has 1 N–H and O–H groups in total. The summed E-state index contributed by atoms with van der Waals surface area (Å²) < 4.78 is 5.87. The summed E-state index contributed by atoms with van der Waals surface area (Å²) in [5.41, 5.74) is 3.51. The Bertz CT molecular complexity index is 1050. The van der Waals surface area contributed by atoms with Crippen molar-refractivity contribution in [2.24, 2.45) is 4.99 Å². The second-order valence-corrected chi connectivity index (χ2v) is 8.10. The van der Waals surface area contributed by atoms with Gasteiger partial charge in [0, 0.05) is 15.4 Å². The third-order valence-electron chi connectivity index (χ3n) is 4.69. The van der Waals surface area contributed by atoms with Crippen LogP contribution in [0.1, 0.15) is 24.1 Å². The molecule has 0 fully saturated rings. The van der Waals surface area contributed by atoms with Gasteiger partial charge in [-0.3, -0.25) is 0 Å². The molecule has 0 aromatic heterocycles. The molecule has 2 aliphatic heterocycles. The summed E-state index contributed by atoms with van der Waals surface area (Å²) in [5, 5.41) is 13.4. The largest absolute Gasteiger partial charge is 0.508 e. The number of thioether (sulfide) groups is 1. The first-order valence-electron chi connectivity index (χ1n) is 8.59. The lowest BCUT2D eigenvalue weighted by atomic mass is 9.93. The van der Waals surface area contributed by atoms with E-state index in [0.717, 1.165) is 20.9 Å². The molecule has 0 aliphatic carbocycles. The number of hydrogen-bond donors (Lipinski definition) is 1. The number of methoxy groups -OCH3 is 1. The van der Waals surface area contributed by atoms with E-state index in [0.29, 0.717) is 16.8 Å². The summed E-state index contributed by atoms with van der Waals surface area (Å²) >= 11 is 4.97. The van der Waals surface area contributed by atoms with Crippen LogP contribution >= 0.6 is 27.7 Å². The van der Waals surface area contributed by atoms with Gasteiger partial charge in [0.15, 0.2) is 5.17 Å². The van der Waals surface area contributed by atoms with Crippen molar-refractivity contribution in [3.63, 3.8) is 0 Å². The molecule has 0 saturated heterocycles. The molecule has 2 aromatic rings. The molecule has 0 radical (unpaired) electrons. The van der Waals surface area contributed by atoms with E-state index in [4.69, 9.17) is 4.74 Å². The lowest BCUT2D eigenvalue weighted by Crippen LogP contribution is -2.36. The number of carbonyl (C=O) groups excluding carboxylic acids is 1. The molecule has 0 bridgehead atoms. The maximum Gasteiger partial charge on any atom is 0.338 e. The van der Waals surface area contributed by atoms with Crippen LogP contribution in [0.2, 0.25) is 0 Å². The number of phenolic OH excluding ortho intramolecular Hbond substituents is 1. The van der Waals surface area contributed by atoms with Crippen molar-refractivity contribution in [2.45, 2.75) is 13.0 Å². The standard InChI is InChI=1S/C21H17BrN2O3S/c1-12-18(20(26)27-2)19(15-10-14(22)8-9-17(15)25)24-16(11-28-21(24)23-12)13-6-4-3-5-7-13/h3-11,19,25H,1-2H3. The van der Waals surface area contributed by atoms with E-state index in [2.05, 4.69) is 20.9 Å². The average Bonchev–Trinajstić information content (AvgIpc) is 3.12. The van der Waals surface area contributed by atoms with Gasteiger partial charge < -0.3 is 14.7 Å². The maximum absolute atomic E-state index is 12.7. The van der Waals surface area contributed by atoms with E-state index in [1.807, 2.05) is 46.7 Å².